The first-order valence-corrected chi connectivity index (χ1v) is 10.7. The van der Waals surface area contributed by atoms with E-state index < -0.39 is 5.91 Å². The van der Waals surface area contributed by atoms with Crippen molar-refractivity contribution in [2.75, 3.05) is 7.11 Å². The zero-order valence-electron chi connectivity index (χ0n) is 16.3. The van der Waals surface area contributed by atoms with Gasteiger partial charge in [-0.15, -0.1) is 22.7 Å². The number of thiazole rings is 2. The van der Waals surface area contributed by atoms with Gasteiger partial charge in [-0.05, 0) is 26.0 Å². The fourth-order valence-electron chi connectivity index (χ4n) is 3.29. The van der Waals surface area contributed by atoms with E-state index in [-0.39, 0.29) is 0 Å². The first kappa shape index (κ1) is 19.4. The molecule has 1 aromatic carbocycles. The van der Waals surface area contributed by atoms with Crippen molar-refractivity contribution in [3.05, 3.63) is 62.9 Å². The van der Waals surface area contributed by atoms with Gasteiger partial charge in [0.25, 0.3) is 5.91 Å². The molecule has 4 aromatic rings. The molecule has 0 fully saturated rings. The Labute approximate surface area is 176 Å². The molecule has 4 rings (SSSR count). The van der Waals surface area contributed by atoms with Crippen molar-refractivity contribution in [1.29, 1.82) is 0 Å². The summed E-state index contributed by atoms with van der Waals surface area (Å²) in [5, 5.41) is 5.85. The molecule has 0 atom stereocenters. The Morgan fingerprint density at radius 1 is 1.14 bits per heavy atom. The van der Waals surface area contributed by atoms with E-state index in [4.69, 9.17) is 15.5 Å². The minimum absolute atomic E-state index is 0.451. The van der Waals surface area contributed by atoms with E-state index in [1.54, 1.807) is 18.4 Å². The Kier molecular flexibility index (Phi) is 5.21. The second-order valence-corrected chi connectivity index (χ2v) is 8.50. The highest BCUT2D eigenvalue weighted by Crippen LogP contribution is 2.33. The SMILES string of the molecule is COc1ccccc1Cn1c(-c2csc(-c3csc(C)n3)n2)cc(C(N)=O)c1C. The lowest BCUT2D eigenvalue weighted by Crippen LogP contribution is -2.13. The number of benzene rings is 1. The summed E-state index contributed by atoms with van der Waals surface area (Å²) < 4.78 is 7.55. The molecule has 3 heterocycles. The van der Waals surface area contributed by atoms with E-state index in [0.717, 1.165) is 44.1 Å². The molecule has 0 aliphatic heterocycles. The highest BCUT2D eigenvalue weighted by Gasteiger charge is 2.20. The molecule has 0 radical (unpaired) electrons. The minimum Gasteiger partial charge on any atom is -0.496 e. The van der Waals surface area contributed by atoms with Crippen LogP contribution in [-0.2, 0) is 6.54 Å². The van der Waals surface area contributed by atoms with Gasteiger partial charge in [-0.25, -0.2) is 9.97 Å². The number of nitrogens with two attached hydrogens (primary N) is 1. The lowest BCUT2D eigenvalue weighted by molar-refractivity contribution is 0.0999. The first-order chi connectivity index (χ1) is 14.0. The minimum atomic E-state index is -0.451. The zero-order valence-corrected chi connectivity index (χ0v) is 17.9. The van der Waals surface area contributed by atoms with Crippen LogP contribution in [0.2, 0.25) is 0 Å². The van der Waals surface area contributed by atoms with Gasteiger partial charge in [0, 0.05) is 22.0 Å². The van der Waals surface area contributed by atoms with Gasteiger partial charge in [0.05, 0.1) is 35.6 Å². The molecule has 2 N–H and O–H groups in total. The van der Waals surface area contributed by atoms with Crippen LogP contribution in [-0.4, -0.2) is 27.6 Å². The molecule has 29 heavy (non-hydrogen) atoms. The summed E-state index contributed by atoms with van der Waals surface area (Å²) in [5.41, 5.74) is 10.4. The summed E-state index contributed by atoms with van der Waals surface area (Å²) in [5.74, 6) is 0.345. The largest absolute Gasteiger partial charge is 0.496 e. The van der Waals surface area contributed by atoms with E-state index in [1.165, 1.54) is 11.3 Å². The van der Waals surface area contributed by atoms with E-state index >= 15 is 0 Å². The second kappa shape index (κ2) is 7.81. The topological polar surface area (TPSA) is 83.0 Å². The first-order valence-electron chi connectivity index (χ1n) is 8.98. The molecule has 0 bridgehead atoms. The van der Waals surface area contributed by atoms with Gasteiger partial charge in [-0.3, -0.25) is 4.79 Å². The van der Waals surface area contributed by atoms with Crippen molar-refractivity contribution in [2.45, 2.75) is 20.4 Å². The molecule has 3 aromatic heterocycles. The van der Waals surface area contributed by atoms with Crippen LogP contribution in [0.25, 0.3) is 22.1 Å². The summed E-state index contributed by atoms with van der Waals surface area (Å²) in [6.07, 6.45) is 0. The predicted molar refractivity (Wildman–Crippen MR) is 117 cm³/mol. The van der Waals surface area contributed by atoms with Gasteiger partial charge in [0.2, 0.25) is 0 Å². The molecule has 0 saturated heterocycles. The van der Waals surface area contributed by atoms with Crippen molar-refractivity contribution in [3.63, 3.8) is 0 Å². The summed E-state index contributed by atoms with van der Waals surface area (Å²) >= 11 is 3.13. The maximum absolute atomic E-state index is 12.0. The Hall–Kier alpha value is -2.97. The molecule has 0 aliphatic rings. The van der Waals surface area contributed by atoms with Crippen molar-refractivity contribution < 1.29 is 9.53 Å². The van der Waals surface area contributed by atoms with Crippen molar-refractivity contribution in [1.82, 2.24) is 14.5 Å². The number of carbonyl (C=O) groups is 1. The van der Waals surface area contributed by atoms with Gasteiger partial charge in [-0.1, -0.05) is 18.2 Å². The van der Waals surface area contributed by atoms with Crippen LogP contribution >= 0.6 is 22.7 Å². The van der Waals surface area contributed by atoms with Gasteiger partial charge >= 0.3 is 0 Å². The van der Waals surface area contributed by atoms with Crippen molar-refractivity contribution in [3.8, 4) is 27.8 Å². The summed E-state index contributed by atoms with van der Waals surface area (Å²) in [6.45, 7) is 4.42. The Bertz CT molecular complexity index is 1190. The molecule has 0 spiro atoms. The number of aryl methyl sites for hydroxylation is 1. The quantitative estimate of drug-likeness (QED) is 0.494. The third kappa shape index (κ3) is 3.68. The van der Waals surface area contributed by atoms with Crippen LogP contribution in [0.5, 0.6) is 5.75 Å². The standard InChI is InChI=1S/C21H20N4O2S2/c1-12-15(20(22)26)8-18(25(12)9-14-6-4-5-7-19(14)27-3)16-10-29-21(24-16)17-11-28-13(2)23-17/h4-8,10-11H,9H2,1-3H3,(H2,22,26). The number of primary amides is 1. The number of amides is 1. The summed E-state index contributed by atoms with van der Waals surface area (Å²) in [7, 11) is 1.65. The van der Waals surface area contributed by atoms with Crippen LogP contribution in [0.15, 0.2) is 41.1 Å². The lowest BCUT2D eigenvalue weighted by Gasteiger charge is -2.13. The molecular formula is C21H20N4O2S2. The highest BCUT2D eigenvalue weighted by molar-refractivity contribution is 7.14. The number of rotatable bonds is 6. The van der Waals surface area contributed by atoms with E-state index in [0.29, 0.717) is 12.1 Å². The Balaban J connectivity index is 1.80. The number of nitrogens with zero attached hydrogens (tertiary/aromatic N) is 3. The molecule has 1 amide bonds. The fraction of sp³-hybridized carbons (Fsp3) is 0.190. The zero-order chi connectivity index (χ0) is 20.5. The third-order valence-corrected chi connectivity index (χ3v) is 6.40. The van der Waals surface area contributed by atoms with Gasteiger partial charge < -0.3 is 15.0 Å². The van der Waals surface area contributed by atoms with Gasteiger partial charge in [0.1, 0.15) is 16.5 Å². The molecule has 148 valence electrons. The van der Waals surface area contributed by atoms with Crippen molar-refractivity contribution in [2.24, 2.45) is 5.73 Å². The average molecular weight is 425 g/mol. The maximum Gasteiger partial charge on any atom is 0.250 e. The number of aromatic nitrogens is 3. The number of carbonyl (C=O) groups excluding carboxylic acids is 1. The fourth-order valence-corrected chi connectivity index (χ4v) is 4.73. The summed E-state index contributed by atoms with van der Waals surface area (Å²) in [6, 6.07) is 9.66. The van der Waals surface area contributed by atoms with E-state index in [2.05, 4.69) is 9.55 Å². The molecule has 0 aliphatic carbocycles. The Morgan fingerprint density at radius 2 is 1.90 bits per heavy atom. The third-order valence-electron chi connectivity index (χ3n) is 4.76. The predicted octanol–water partition coefficient (Wildman–Crippen LogP) is 4.51. The van der Waals surface area contributed by atoms with Crippen molar-refractivity contribution >= 4 is 28.6 Å². The van der Waals surface area contributed by atoms with Crippen LogP contribution < -0.4 is 10.5 Å². The Morgan fingerprint density at radius 3 is 2.59 bits per heavy atom. The molecule has 0 unspecified atom stereocenters. The molecular weight excluding hydrogens is 404 g/mol. The summed E-state index contributed by atoms with van der Waals surface area (Å²) in [4.78, 5) is 21.3. The number of hydrogen-bond acceptors (Lipinski definition) is 6. The smallest absolute Gasteiger partial charge is 0.250 e. The van der Waals surface area contributed by atoms with Crippen LogP contribution in [0, 0.1) is 13.8 Å². The van der Waals surface area contributed by atoms with Crippen LogP contribution in [0.4, 0.5) is 0 Å². The number of ether oxygens (including phenoxy) is 1. The van der Waals surface area contributed by atoms with Crippen LogP contribution in [0.1, 0.15) is 26.6 Å². The second-order valence-electron chi connectivity index (χ2n) is 6.58. The van der Waals surface area contributed by atoms with Gasteiger partial charge in [0.15, 0.2) is 0 Å². The van der Waals surface area contributed by atoms with E-state index in [1.807, 2.05) is 54.9 Å². The number of para-hydroxylation sites is 1. The monoisotopic (exact) mass is 424 g/mol. The maximum atomic E-state index is 12.0. The van der Waals surface area contributed by atoms with E-state index in [9.17, 15) is 4.79 Å². The molecule has 8 heteroatoms. The lowest BCUT2D eigenvalue weighted by atomic mass is 10.2. The normalized spacial score (nSPS) is 11.0. The highest BCUT2D eigenvalue weighted by atomic mass is 32.1. The molecule has 6 nitrogen and oxygen atoms in total. The number of hydrogen-bond donors (Lipinski definition) is 1. The average Bonchev–Trinajstić information content (AvgIpc) is 3.42. The number of methoxy groups -OCH3 is 1. The molecule has 0 saturated carbocycles. The van der Waals surface area contributed by atoms with Crippen LogP contribution in [0.3, 0.4) is 0 Å². The van der Waals surface area contributed by atoms with Gasteiger partial charge in [-0.2, -0.15) is 0 Å².